The van der Waals surface area contributed by atoms with Gasteiger partial charge >= 0.3 is 0 Å². The zero-order valence-electron chi connectivity index (χ0n) is 9.28. The van der Waals surface area contributed by atoms with Crippen LogP contribution in [0.1, 0.15) is 6.42 Å². The minimum atomic E-state index is -0.248. The molecule has 1 saturated heterocycles. The number of anilines is 1. The van der Waals surface area contributed by atoms with Crippen LogP contribution in [0.5, 0.6) is 0 Å². The Balaban J connectivity index is 1.89. The Bertz CT molecular complexity index is 498. The smallest absolute Gasteiger partial charge is 0.164 e. The van der Waals surface area contributed by atoms with Gasteiger partial charge in [-0.2, -0.15) is 0 Å². The number of aliphatic hydroxyl groups is 1. The maximum Gasteiger partial charge on any atom is 0.164 e. The fraction of sp³-hybridized carbons (Fsp3) is 0.333. The Labute approximate surface area is 98.7 Å². The van der Waals surface area contributed by atoms with Gasteiger partial charge in [0.05, 0.1) is 17.9 Å². The molecule has 88 valence electrons. The van der Waals surface area contributed by atoms with E-state index in [1.807, 2.05) is 12.1 Å². The highest BCUT2D eigenvalue weighted by Crippen LogP contribution is 2.21. The number of aliphatic hydroxyl groups excluding tert-OH is 1. The second-order valence-electron chi connectivity index (χ2n) is 4.14. The molecule has 5 nitrogen and oxygen atoms in total. The quantitative estimate of drug-likeness (QED) is 0.844. The molecule has 1 aliphatic heterocycles. The van der Waals surface area contributed by atoms with Crippen molar-refractivity contribution in [3.05, 3.63) is 30.9 Å². The molecule has 0 saturated carbocycles. The van der Waals surface area contributed by atoms with E-state index in [2.05, 4.69) is 14.9 Å². The molecule has 5 heteroatoms. The van der Waals surface area contributed by atoms with Crippen LogP contribution in [0.2, 0.25) is 0 Å². The zero-order chi connectivity index (χ0) is 11.7. The fourth-order valence-electron chi connectivity index (χ4n) is 2.01. The van der Waals surface area contributed by atoms with Crippen LogP contribution in [0.25, 0.3) is 11.4 Å². The lowest BCUT2D eigenvalue weighted by molar-refractivity contribution is 0.198. The van der Waals surface area contributed by atoms with Gasteiger partial charge < -0.3 is 14.4 Å². The normalized spacial score (nSPS) is 19.8. The van der Waals surface area contributed by atoms with Crippen LogP contribution in [0.15, 0.2) is 35.3 Å². The first-order valence-electron chi connectivity index (χ1n) is 5.61. The topological polar surface area (TPSA) is 62.4 Å². The number of nitrogens with zero attached hydrogens (tertiary/aromatic N) is 3. The molecule has 0 aromatic carbocycles. The van der Waals surface area contributed by atoms with E-state index < -0.39 is 0 Å². The summed E-state index contributed by atoms with van der Waals surface area (Å²) in [6.07, 6.45) is 5.51. The van der Waals surface area contributed by atoms with Gasteiger partial charge in [-0.3, -0.25) is 0 Å². The maximum absolute atomic E-state index is 9.51. The molecule has 3 heterocycles. The van der Waals surface area contributed by atoms with Gasteiger partial charge in [-0.05, 0) is 18.6 Å². The van der Waals surface area contributed by atoms with Crippen LogP contribution >= 0.6 is 0 Å². The van der Waals surface area contributed by atoms with Crippen molar-refractivity contribution >= 4 is 5.82 Å². The molecule has 0 amide bonds. The molecular weight excluding hydrogens is 218 g/mol. The van der Waals surface area contributed by atoms with Crippen LogP contribution in [-0.2, 0) is 0 Å². The van der Waals surface area contributed by atoms with Gasteiger partial charge in [-0.25, -0.2) is 9.97 Å². The van der Waals surface area contributed by atoms with Crippen molar-refractivity contribution in [2.24, 2.45) is 0 Å². The summed E-state index contributed by atoms with van der Waals surface area (Å²) >= 11 is 0. The third-order valence-corrected chi connectivity index (χ3v) is 2.91. The second-order valence-corrected chi connectivity index (χ2v) is 4.14. The Morgan fingerprint density at radius 3 is 3.06 bits per heavy atom. The lowest BCUT2D eigenvalue weighted by Crippen LogP contribution is -2.22. The first-order valence-corrected chi connectivity index (χ1v) is 5.61. The molecule has 0 aliphatic carbocycles. The Hall–Kier alpha value is -1.88. The van der Waals surface area contributed by atoms with Crippen molar-refractivity contribution in [3.8, 4) is 11.4 Å². The highest BCUT2D eigenvalue weighted by molar-refractivity contribution is 5.55. The number of hydrogen-bond donors (Lipinski definition) is 1. The largest absolute Gasteiger partial charge is 0.472 e. The first-order chi connectivity index (χ1) is 8.33. The molecule has 1 N–H and O–H groups in total. The number of hydrogen-bond acceptors (Lipinski definition) is 5. The van der Waals surface area contributed by atoms with E-state index in [-0.39, 0.29) is 6.10 Å². The minimum Gasteiger partial charge on any atom is -0.472 e. The van der Waals surface area contributed by atoms with Crippen LogP contribution < -0.4 is 4.90 Å². The number of furan rings is 1. The van der Waals surface area contributed by atoms with Gasteiger partial charge in [0.2, 0.25) is 0 Å². The summed E-state index contributed by atoms with van der Waals surface area (Å²) < 4.78 is 5.02. The van der Waals surface area contributed by atoms with Crippen LogP contribution in [0, 0.1) is 0 Å². The summed E-state index contributed by atoms with van der Waals surface area (Å²) in [5, 5.41) is 9.51. The number of aromatic nitrogens is 2. The van der Waals surface area contributed by atoms with Gasteiger partial charge in [0, 0.05) is 19.3 Å². The van der Waals surface area contributed by atoms with Crippen molar-refractivity contribution < 1.29 is 9.52 Å². The maximum atomic E-state index is 9.51. The van der Waals surface area contributed by atoms with E-state index in [1.54, 1.807) is 18.7 Å². The summed E-state index contributed by atoms with van der Waals surface area (Å²) in [6.45, 7) is 1.48. The Kier molecular flexibility index (Phi) is 2.53. The summed E-state index contributed by atoms with van der Waals surface area (Å²) in [7, 11) is 0. The predicted octanol–water partition coefficient (Wildman–Crippen LogP) is 1.31. The molecule has 0 radical (unpaired) electrons. The van der Waals surface area contributed by atoms with Crippen LogP contribution in [0.3, 0.4) is 0 Å². The Morgan fingerprint density at radius 1 is 1.41 bits per heavy atom. The van der Waals surface area contributed by atoms with Gasteiger partial charge in [-0.15, -0.1) is 0 Å². The first kappa shape index (κ1) is 10.3. The van der Waals surface area contributed by atoms with Gasteiger partial charge in [0.1, 0.15) is 12.1 Å². The molecule has 0 unspecified atom stereocenters. The Morgan fingerprint density at radius 2 is 2.35 bits per heavy atom. The molecule has 17 heavy (non-hydrogen) atoms. The average molecular weight is 231 g/mol. The van der Waals surface area contributed by atoms with Crippen LogP contribution in [-0.4, -0.2) is 34.3 Å². The third-order valence-electron chi connectivity index (χ3n) is 2.91. The average Bonchev–Trinajstić information content (AvgIpc) is 3.00. The number of rotatable bonds is 2. The third kappa shape index (κ3) is 2.01. The molecular formula is C12H13N3O2. The monoisotopic (exact) mass is 231 g/mol. The van der Waals surface area contributed by atoms with Crippen molar-refractivity contribution in [2.45, 2.75) is 12.5 Å². The summed E-state index contributed by atoms with van der Waals surface area (Å²) in [5.74, 6) is 1.50. The molecule has 3 rings (SSSR count). The zero-order valence-corrected chi connectivity index (χ0v) is 9.28. The summed E-state index contributed by atoms with van der Waals surface area (Å²) in [4.78, 5) is 10.8. The van der Waals surface area contributed by atoms with Gasteiger partial charge in [-0.1, -0.05) is 0 Å². The molecule has 2 aromatic rings. The molecule has 0 spiro atoms. The standard InChI is InChI=1S/C12H13N3O2/c16-10-2-5-15(7-10)11-1-4-13-12(14-11)9-3-6-17-8-9/h1,3-4,6,8,10,16H,2,5,7H2/t10-/m0/s1. The molecule has 0 bridgehead atoms. The van der Waals surface area contributed by atoms with E-state index in [0.29, 0.717) is 12.4 Å². The lowest BCUT2D eigenvalue weighted by Gasteiger charge is -2.16. The minimum absolute atomic E-state index is 0.248. The van der Waals surface area contributed by atoms with Gasteiger partial charge in [0.15, 0.2) is 5.82 Å². The fourth-order valence-corrected chi connectivity index (χ4v) is 2.01. The summed E-state index contributed by atoms with van der Waals surface area (Å²) in [6, 6.07) is 3.69. The van der Waals surface area contributed by atoms with Gasteiger partial charge in [0.25, 0.3) is 0 Å². The lowest BCUT2D eigenvalue weighted by atomic mass is 10.3. The molecule has 1 atom stereocenters. The highest BCUT2D eigenvalue weighted by atomic mass is 16.3. The highest BCUT2D eigenvalue weighted by Gasteiger charge is 2.21. The van der Waals surface area contributed by atoms with Crippen molar-refractivity contribution in [3.63, 3.8) is 0 Å². The van der Waals surface area contributed by atoms with E-state index in [0.717, 1.165) is 24.3 Å². The van der Waals surface area contributed by atoms with Crippen molar-refractivity contribution in [1.29, 1.82) is 0 Å². The van der Waals surface area contributed by atoms with Crippen molar-refractivity contribution in [2.75, 3.05) is 18.0 Å². The number of β-amino-alcohol motifs (C(OH)–C–C–N with tert-alkyl or cyclic N) is 1. The summed E-state index contributed by atoms with van der Waals surface area (Å²) in [5.41, 5.74) is 0.867. The SMILES string of the molecule is O[C@H]1CCN(c2ccnc(-c3ccoc3)n2)C1. The second kappa shape index (κ2) is 4.18. The van der Waals surface area contributed by atoms with E-state index in [1.165, 1.54) is 0 Å². The molecule has 1 fully saturated rings. The van der Waals surface area contributed by atoms with E-state index >= 15 is 0 Å². The van der Waals surface area contributed by atoms with E-state index in [4.69, 9.17) is 4.42 Å². The van der Waals surface area contributed by atoms with E-state index in [9.17, 15) is 5.11 Å². The van der Waals surface area contributed by atoms with Crippen LogP contribution in [0.4, 0.5) is 5.82 Å². The molecule has 1 aliphatic rings. The predicted molar refractivity (Wildman–Crippen MR) is 62.6 cm³/mol. The molecule has 2 aromatic heterocycles. The van der Waals surface area contributed by atoms with Crippen molar-refractivity contribution in [1.82, 2.24) is 9.97 Å².